The molecule has 98 valence electrons. The second-order valence-electron chi connectivity index (χ2n) is 3.62. The second kappa shape index (κ2) is 5.76. The van der Waals surface area contributed by atoms with Crippen LogP contribution in [0.4, 0.5) is 5.82 Å². The van der Waals surface area contributed by atoms with Gasteiger partial charge in [0.2, 0.25) is 0 Å². The summed E-state index contributed by atoms with van der Waals surface area (Å²) in [4.78, 5) is 35.4. The first-order valence-corrected chi connectivity index (χ1v) is 5.50. The van der Waals surface area contributed by atoms with Crippen LogP contribution in [0.5, 0.6) is 0 Å². The molecule has 0 spiro atoms. The van der Waals surface area contributed by atoms with Crippen LogP contribution >= 0.6 is 0 Å². The first-order valence-electron chi connectivity index (χ1n) is 5.50. The van der Waals surface area contributed by atoms with Crippen molar-refractivity contribution in [3.05, 3.63) is 42.6 Å². The van der Waals surface area contributed by atoms with Gasteiger partial charge in [-0.05, 0) is 12.1 Å². The Bertz CT molecular complexity index is 554. The maximum atomic E-state index is 12.3. The number of carbonyl (C=O) groups excluding carboxylic acids is 2. The number of imidazole rings is 1. The molecule has 0 unspecified atom stereocenters. The number of H-pyrrole nitrogens is 1. The van der Waals surface area contributed by atoms with Crippen LogP contribution in [-0.4, -0.2) is 40.5 Å². The Hall–Kier alpha value is -2.70. The van der Waals surface area contributed by atoms with Gasteiger partial charge in [-0.2, -0.15) is 0 Å². The fourth-order valence-electron chi connectivity index (χ4n) is 1.48. The van der Waals surface area contributed by atoms with Gasteiger partial charge in [0, 0.05) is 6.20 Å². The average Bonchev–Trinajstić information content (AvgIpc) is 2.99. The molecule has 19 heavy (non-hydrogen) atoms. The number of pyridine rings is 1. The van der Waals surface area contributed by atoms with Crippen molar-refractivity contribution in [3.63, 3.8) is 0 Å². The average molecular weight is 260 g/mol. The summed E-state index contributed by atoms with van der Waals surface area (Å²) in [5, 5.41) is 0. The largest absolute Gasteiger partial charge is 0.468 e. The molecule has 0 aliphatic heterocycles. The second-order valence-corrected chi connectivity index (χ2v) is 3.62. The van der Waals surface area contributed by atoms with Gasteiger partial charge >= 0.3 is 5.97 Å². The van der Waals surface area contributed by atoms with E-state index in [2.05, 4.69) is 19.7 Å². The molecule has 2 aromatic heterocycles. The fraction of sp³-hybridized carbons (Fsp3) is 0.167. The predicted octanol–water partition coefficient (Wildman–Crippen LogP) is 0.624. The molecule has 7 heteroatoms. The number of nitrogens with zero attached hydrogens (tertiary/aromatic N) is 3. The Morgan fingerprint density at radius 3 is 2.84 bits per heavy atom. The first kappa shape index (κ1) is 12.7. The number of carbonyl (C=O) groups is 2. The highest BCUT2D eigenvalue weighted by Gasteiger charge is 2.22. The number of aromatic nitrogens is 3. The minimum absolute atomic E-state index is 0.217. The van der Waals surface area contributed by atoms with Crippen molar-refractivity contribution in [2.24, 2.45) is 0 Å². The number of amides is 1. The fourth-order valence-corrected chi connectivity index (χ4v) is 1.48. The highest BCUT2D eigenvalue weighted by atomic mass is 16.5. The van der Waals surface area contributed by atoms with E-state index in [1.54, 1.807) is 24.4 Å². The van der Waals surface area contributed by atoms with Gasteiger partial charge in [0.05, 0.1) is 19.6 Å². The van der Waals surface area contributed by atoms with E-state index < -0.39 is 11.9 Å². The van der Waals surface area contributed by atoms with Crippen LogP contribution < -0.4 is 4.90 Å². The number of anilines is 1. The lowest BCUT2D eigenvalue weighted by molar-refractivity contribution is -0.138. The molecule has 2 heterocycles. The molecule has 0 aromatic carbocycles. The number of hydrogen-bond donors (Lipinski definition) is 1. The number of rotatable bonds is 4. The first-order chi connectivity index (χ1) is 9.22. The van der Waals surface area contributed by atoms with Gasteiger partial charge in [0.25, 0.3) is 5.91 Å². The van der Waals surface area contributed by atoms with E-state index >= 15 is 0 Å². The van der Waals surface area contributed by atoms with E-state index in [1.807, 2.05) is 0 Å². The minimum atomic E-state index is -0.529. The molecule has 0 saturated carbocycles. The Morgan fingerprint density at radius 1 is 1.42 bits per heavy atom. The molecule has 0 atom stereocenters. The number of ether oxygens (including phenoxy) is 1. The Labute approximate surface area is 109 Å². The zero-order valence-electron chi connectivity index (χ0n) is 10.2. The van der Waals surface area contributed by atoms with Crippen molar-refractivity contribution in [3.8, 4) is 0 Å². The van der Waals surface area contributed by atoms with Crippen LogP contribution in [0.1, 0.15) is 10.5 Å². The molecular weight excluding hydrogens is 248 g/mol. The molecule has 0 aliphatic carbocycles. The molecule has 0 radical (unpaired) electrons. The van der Waals surface area contributed by atoms with E-state index in [4.69, 9.17) is 0 Å². The topological polar surface area (TPSA) is 88.2 Å². The maximum absolute atomic E-state index is 12.3. The van der Waals surface area contributed by atoms with E-state index in [-0.39, 0.29) is 12.2 Å². The highest BCUT2D eigenvalue weighted by molar-refractivity contribution is 6.06. The number of hydrogen-bond acceptors (Lipinski definition) is 5. The molecule has 0 fully saturated rings. The number of aromatic amines is 1. The van der Waals surface area contributed by atoms with Crippen LogP contribution in [0.15, 0.2) is 36.9 Å². The molecule has 0 saturated heterocycles. The molecule has 0 bridgehead atoms. The van der Waals surface area contributed by atoms with E-state index in [1.165, 1.54) is 24.5 Å². The summed E-state index contributed by atoms with van der Waals surface area (Å²) in [5.41, 5.74) is 0.273. The summed E-state index contributed by atoms with van der Waals surface area (Å²) in [5.74, 6) is -0.562. The van der Waals surface area contributed by atoms with Crippen molar-refractivity contribution >= 4 is 17.7 Å². The van der Waals surface area contributed by atoms with Gasteiger partial charge in [0.15, 0.2) is 0 Å². The Balaban J connectivity index is 2.29. The SMILES string of the molecule is COC(=O)CN(C(=O)c1cnc[nH]1)c1ccccn1. The van der Waals surface area contributed by atoms with Gasteiger partial charge in [-0.15, -0.1) is 0 Å². The molecule has 7 nitrogen and oxygen atoms in total. The van der Waals surface area contributed by atoms with Crippen molar-refractivity contribution in [1.29, 1.82) is 0 Å². The van der Waals surface area contributed by atoms with Gasteiger partial charge in [0.1, 0.15) is 18.1 Å². The van der Waals surface area contributed by atoms with E-state index in [0.29, 0.717) is 5.82 Å². The van der Waals surface area contributed by atoms with Crippen LogP contribution in [0, 0.1) is 0 Å². The lowest BCUT2D eigenvalue weighted by Gasteiger charge is -2.19. The molecule has 1 amide bonds. The number of esters is 1. The summed E-state index contributed by atoms with van der Waals surface area (Å²) < 4.78 is 4.58. The Kier molecular flexibility index (Phi) is 3.87. The molecular formula is C12H12N4O3. The highest BCUT2D eigenvalue weighted by Crippen LogP contribution is 2.12. The zero-order valence-corrected chi connectivity index (χ0v) is 10.2. The summed E-state index contributed by atoms with van der Waals surface area (Å²) in [7, 11) is 1.26. The van der Waals surface area contributed by atoms with E-state index in [9.17, 15) is 9.59 Å². The third kappa shape index (κ3) is 2.95. The summed E-state index contributed by atoms with van der Waals surface area (Å²) >= 11 is 0. The number of nitrogens with one attached hydrogen (secondary N) is 1. The van der Waals surface area contributed by atoms with Crippen molar-refractivity contribution in [2.45, 2.75) is 0 Å². The molecule has 2 rings (SSSR count). The lowest BCUT2D eigenvalue weighted by atomic mass is 10.3. The lowest BCUT2D eigenvalue weighted by Crippen LogP contribution is -2.37. The quantitative estimate of drug-likeness (QED) is 0.814. The smallest absolute Gasteiger partial charge is 0.325 e. The molecule has 1 N–H and O–H groups in total. The normalized spacial score (nSPS) is 9.95. The minimum Gasteiger partial charge on any atom is -0.468 e. The Morgan fingerprint density at radius 2 is 2.26 bits per heavy atom. The monoisotopic (exact) mass is 260 g/mol. The maximum Gasteiger partial charge on any atom is 0.325 e. The number of methoxy groups -OCH3 is 1. The molecule has 2 aromatic rings. The van der Waals surface area contributed by atoms with E-state index in [0.717, 1.165) is 0 Å². The third-order valence-corrected chi connectivity index (χ3v) is 2.41. The molecule has 0 aliphatic rings. The summed E-state index contributed by atoms with van der Waals surface area (Å²) in [6.45, 7) is -0.217. The van der Waals surface area contributed by atoms with Crippen molar-refractivity contribution < 1.29 is 14.3 Å². The van der Waals surface area contributed by atoms with Gasteiger partial charge in [-0.3, -0.25) is 14.5 Å². The van der Waals surface area contributed by atoms with Crippen molar-refractivity contribution in [1.82, 2.24) is 15.0 Å². The van der Waals surface area contributed by atoms with Gasteiger partial charge in [-0.25, -0.2) is 9.97 Å². The van der Waals surface area contributed by atoms with Crippen LogP contribution in [0.3, 0.4) is 0 Å². The van der Waals surface area contributed by atoms with Crippen LogP contribution in [-0.2, 0) is 9.53 Å². The third-order valence-electron chi connectivity index (χ3n) is 2.41. The predicted molar refractivity (Wildman–Crippen MR) is 66.5 cm³/mol. The van der Waals surface area contributed by atoms with Crippen LogP contribution in [0.2, 0.25) is 0 Å². The van der Waals surface area contributed by atoms with Crippen LogP contribution in [0.25, 0.3) is 0 Å². The van der Waals surface area contributed by atoms with Crippen molar-refractivity contribution in [2.75, 3.05) is 18.6 Å². The summed E-state index contributed by atoms with van der Waals surface area (Å²) in [6.07, 6.45) is 4.32. The zero-order chi connectivity index (χ0) is 13.7. The van der Waals surface area contributed by atoms with Gasteiger partial charge in [-0.1, -0.05) is 6.07 Å². The standard InChI is InChI=1S/C12H12N4O3/c1-19-11(17)7-16(10-4-2-3-5-14-10)12(18)9-6-13-8-15-9/h2-6,8H,7H2,1H3,(H,13,15). The summed E-state index contributed by atoms with van der Waals surface area (Å²) in [6, 6.07) is 5.09. The van der Waals surface area contributed by atoms with Gasteiger partial charge < -0.3 is 9.72 Å².